The van der Waals surface area contributed by atoms with E-state index in [1.165, 1.54) is 0 Å². The fraction of sp³-hybridized carbons (Fsp3) is 0.643. The summed E-state index contributed by atoms with van der Waals surface area (Å²) < 4.78 is 0.808. The van der Waals surface area contributed by atoms with Gasteiger partial charge in [-0.25, -0.2) is 0 Å². The number of amides is 2. The van der Waals surface area contributed by atoms with Crippen LogP contribution in [-0.4, -0.2) is 58.0 Å². The van der Waals surface area contributed by atoms with Crippen molar-refractivity contribution < 1.29 is 9.59 Å². The molecule has 7 heteroatoms. The van der Waals surface area contributed by atoms with E-state index in [1.807, 2.05) is 0 Å². The first-order chi connectivity index (χ1) is 10.1. The van der Waals surface area contributed by atoms with Crippen LogP contribution in [-0.2, 0) is 4.79 Å². The Balaban J connectivity index is 1.71. The minimum Gasteiger partial charge on any atom is -0.341 e. The van der Waals surface area contributed by atoms with E-state index in [1.54, 1.807) is 16.7 Å². The molecule has 1 aromatic heterocycles. The fourth-order valence-electron chi connectivity index (χ4n) is 2.71. The number of carbonyl (C=O) groups is 2. The highest BCUT2D eigenvalue weighted by Crippen LogP contribution is 2.43. The lowest BCUT2D eigenvalue weighted by Gasteiger charge is -2.20. The largest absolute Gasteiger partial charge is 0.341 e. The van der Waals surface area contributed by atoms with E-state index >= 15 is 0 Å². The average molecular weight is 355 g/mol. The van der Waals surface area contributed by atoms with Crippen molar-refractivity contribution in [3.8, 4) is 0 Å². The molecule has 0 unspecified atom stereocenters. The summed E-state index contributed by atoms with van der Waals surface area (Å²) in [5, 5.41) is 7.18. The van der Waals surface area contributed by atoms with Gasteiger partial charge in [-0.15, -0.1) is 0 Å². The van der Waals surface area contributed by atoms with Crippen molar-refractivity contribution in [3.05, 3.63) is 15.9 Å². The maximum Gasteiger partial charge on any atom is 0.275 e. The van der Waals surface area contributed by atoms with Gasteiger partial charge in [-0.1, -0.05) is 0 Å². The van der Waals surface area contributed by atoms with Gasteiger partial charge in [0.15, 0.2) is 5.69 Å². The third kappa shape index (κ3) is 2.97. The molecule has 2 amide bonds. The number of hydrogen-bond donors (Lipinski definition) is 1. The SMILES string of the molecule is CC(=O)N1CCCN(C(=O)c2n[nH]c(C3CC3)c2Br)CC1. The highest BCUT2D eigenvalue weighted by molar-refractivity contribution is 9.10. The summed E-state index contributed by atoms with van der Waals surface area (Å²) in [6.07, 6.45) is 3.13. The molecular formula is C14H19BrN4O2. The second-order valence-electron chi connectivity index (χ2n) is 5.73. The van der Waals surface area contributed by atoms with Crippen LogP contribution in [0.15, 0.2) is 4.47 Å². The van der Waals surface area contributed by atoms with E-state index in [2.05, 4.69) is 26.1 Å². The molecule has 0 bridgehead atoms. The van der Waals surface area contributed by atoms with E-state index in [9.17, 15) is 9.59 Å². The van der Waals surface area contributed by atoms with E-state index in [0.717, 1.165) is 29.4 Å². The van der Waals surface area contributed by atoms with Crippen molar-refractivity contribution in [1.82, 2.24) is 20.0 Å². The van der Waals surface area contributed by atoms with Crippen molar-refractivity contribution >= 4 is 27.7 Å². The van der Waals surface area contributed by atoms with Crippen LogP contribution in [0.2, 0.25) is 0 Å². The fourth-order valence-corrected chi connectivity index (χ4v) is 3.38. The first-order valence-electron chi connectivity index (χ1n) is 7.36. The Morgan fingerprint density at radius 2 is 1.86 bits per heavy atom. The van der Waals surface area contributed by atoms with Crippen molar-refractivity contribution in [2.75, 3.05) is 26.2 Å². The lowest BCUT2D eigenvalue weighted by molar-refractivity contribution is -0.128. The van der Waals surface area contributed by atoms with E-state index in [-0.39, 0.29) is 11.8 Å². The van der Waals surface area contributed by atoms with Gasteiger partial charge in [-0.2, -0.15) is 5.10 Å². The molecule has 0 spiro atoms. The quantitative estimate of drug-likeness (QED) is 0.879. The van der Waals surface area contributed by atoms with Crippen molar-refractivity contribution in [1.29, 1.82) is 0 Å². The van der Waals surface area contributed by atoms with Gasteiger partial charge in [-0.05, 0) is 35.2 Å². The predicted octanol–water partition coefficient (Wildman–Crippen LogP) is 1.74. The van der Waals surface area contributed by atoms with Crippen LogP contribution >= 0.6 is 15.9 Å². The Bertz CT molecular complexity index is 567. The molecule has 0 radical (unpaired) electrons. The Kier molecular flexibility index (Phi) is 4.01. The minimum atomic E-state index is -0.0598. The number of aromatic nitrogens is 2. The smallest absolute Gasteiger partial charge is 0.275 e. The minimum absolute atomic E-state index is 0.0598. The Morgan fingerprint density at radius 1 is 1.19 bits per heavy atom. The van der Waals surface area contributed by atoms with E-state index in [0.29, 0.717) is 37.8 Å². The molecule has 2 aliphatic rings. The summed E-state index contributed by atoms with van der Waals surface area (Å²) in [5.41, 5.74) is 1.51. The molecule has 21 heavy (non-hydrogen) atoms. The van der Waals surface area contributed by atoms with Crippen LogP contribution in [0.5, 0.6) is 0 Å². The summed E-state index contributed by atoms with van der Waals surface area (Å²) in [6.45, 7) is 4.12. The standard InChI is InChI=1S/C14H19BrN4O2/c1-9(20)18-5-2-6-19(8-7-18)14(21)13-11(15)12(16-17-13)10-3-4-10/h10H,2-8H2,1H3,(H,16,17). The number of nitrogens with zero attached hydrogens (tertiary/aromatic N) is 3. The first-order valence-corrected chi connectivity index (χ1v) is 8.15. The van der Waals surface area contributed by atoms with Gasteiger partial charge in [0.2, 0.25) is 5.91 Å². The van der Waals surface area contributed by atoms with Crippen LogP contribution in [0.1, 0.15) is 48.3 Å². The van der Waals surface area contributed by atoms with Crippen molar-refractivity contribution in [2.24, 2.45) is 0 Å². The molecule has 6 nitrogen and oxygen atoms in total. The normalized spacial score (nSPS) is 19.5. The van der Waals surface area contributed by atoms with Crippen molar-refractivity contribution in [3.63, 3.8) is 0 Å². The monoisotopic (exact) mass is 354 g/mol. The summed E-state index contributed by atoms with van der Waals surface area (Å²) in [6, 6.07) is 0. The lowest BCUT2D eigenvalue weighted by Crippen LogP contribution is -2.36. The maximum atomic E-state index is 12.6. The summed E-state index contributed by atoms with van der Waals surface area (Å²) in [4.78, 5) is 27.6. The van der Waals surface area contributed by atoms with Crippen LogP contribution < -0.4 is 0 Å². The van der Waals surface area contributed by atoms with Crippen molar-refractivity contribution in [2.45, 2.75) is 32.1 Å². The maximum absolute atomic E-state index is 12.6. The predicted molar refractivity (Wildman–Crippen MR) is 81.0 cm³/mol. The zero-order chi connectivity index (χ0) is 15.0. The number of hydrogen-bond acceptors (Lipinski definition) is 3. The first kappa shape index (κ1) is 14.6. The van der Waals surface area contributed by atoms with Gasteiger partial charge >= 0.3 is 0 Å². The Labute approximate surface area is 132 Å². The molecule has 1 aliphatic carbocycles. The number of aromatic amines is 1. The summed E-state index contributed by atoms with van der Waals surface area (Å²) >= 11 is 3.51. The lowest BCUT2D eigenvalue weighted by atomic mass is 10.2. The van der Waals surface area contributed by atoms with Gasteiger partial charge in [0.25, 0.3) is 5.91 Å². The van der Waals surface area contributed by atoms with Crippen LogP contribution in [0.3, 0.4) is 0 Å². The molecule has 2 heterocycles. The van der Waals surface area contributed by atoms with Crippen LogP contribution in [0.4, 0.5) is 0 Å². The van der Waals surface area contributed by atoms with E-state index in [4.69, 9.17) is 0 Å². The number of carbonyl (C=O) groups excluding carboxylic acids is 2. The molecule has 1 aromatic rings. The Hall–Kier alpha value is -1.37. The van der Waals surface area contributed by atoms with Gasteiger partial charge in [-0.3, -0.25) is 14.7 Å². The number of halogens is 1. The summed E-state index contributed by atoms with van der Waals surface area (Å²) in [7, 11) is 0. The van der Waals surface area contributed by atoms with Crippen LogP contribution in [0, 0.1) is 0 Å². The highest BCUT2D eigenvalue weighted by atomic mass is 79.9. The third-order valence-corrected chi connectivity index (χ3v) is 4.95. The van der Waals surface area contributed by atoms with Gasteiger partial charge in [0, 0.05) is 39.0 Å². The summed E-state index contributed by atoms with van der Waals surface area (Å²) in [5.74, 6) is 0.530. The van der Waals surface area contributed by atoms with Gasteiger partial charge < -0.3 is 9.80 Å². The molecule has 1 aliphatic heterocycles. The number of rotatable bonds is 2. The van der Waals surface area contributed by atoms with E-state index < -0.39 is 0 Å². The molecule has 1 saturated heterocycles. The molecule has 3 rings (SSSR count). The second-order valence-corrected chi connectivity index (χ2v) is 6.52. The topological polar surface area (TPSA) is 69.3 Å². The van der Waals surface area contributed by atoms with Gasteiger partial charge in [0.05, 0.1) is 10.2 Å². The molecule has 0 atom stereocenters. The number of H-pyrrole nitrogens is 1. The zero-order valence-electron chi connectivity index (χ0n) is 12.1. The van der Waals surface area contributed by atoms with Gasteiger partial charge in [0.1, 0.15) is 0 Å². The highest BCUT2D eigenvalue weighted by Gasteiger charge is 2.32. The molecule has 1 saturated carbocycles. The molecule has 114 valence electrons. The third-order valence-electron chi connectivity index (χ3n) is 4.15. The molecule has 0 aromatic carbocycles. The number of nitrogens with one attached hydrogen (secondary N) is 1. The van der Waals surface area contributed by atoms with Crippen LogP contribution in [0.25, 0.3) is 0 Å². The molecular weight excluding hydrogens is 336 g/mol. The molecule has 1 N–H and O–H groups in total. The molecule has 2 fully saturated rings. The average Bonchev–Trinajstić information content (AvgIpc) is 3.25. The second kappa shape index (κ2) is 5.79. The Morgan fingerprint density at radius 3 is 2.52 bits per heavy atom. The zero-order valence-corrected chi connectivity index (χ0v) is 13.6.